The quantitative estimate of drug-likeness (QED) is 0.557. The van der Waals surface area contributed by atoms with Crippen molar-refractivity contribution in [3.05, 3.63) is 63.7 Å². The van der Waals surface area contributed by atoms with Crippen LogP contribution in [0.25, 0.3) is 0 Å². The van der Waals surface area contributed by atoms with E-state index in [1.807, 2.05) is 0 Å². The van der Waals surface area contributed by atoms with Crippen molar-refractivity contribution >= 4 is 34.8 Å². The minimum Gasteiger partial charge on any atom is -0.325 e. The summed E-state index contributed by atoms with van der Waals surface area (Å²) < 4.78 is 0. The van der Waals surface area contributed by atoms with Crippen molar-refractivity contribution < 1.29 is 14.4 Å². The normalized spacial score (nSPS) is 21.1. The highest BCUT2D eigenvalue weighted by Crippen LogP contribution is 2.41. The molecule has 0 aromatic heterocycles. The standard InChI is InChI=1S/C25H26ClNO3/c1-25(2,3)15-10-8-14(9-11-15)24(30)27-19-13-12-18(26)20-21(19)23(29)17-7-5-4-6-16(17)22(20)28/h4-7,12-15H,8-11H2,1-3H3,(H,27,30). The molecule has 156 valence electrons. The lowest BCUT2D eigenvalue weighted by Gasteiger charge is -2.36. The van der Waals surface area contributed by atoms with Crippen molar-refractivity contribution in [3.8, 4) is 0 Å². The molecular weight excluding hydrogens is 398 g/mol. The third-order valence-electron chi connectivity index (χ3n) is 6.61. The largest absolute Gasteiger partial charge is 0.325 e. The SMILES string of the molecule is CC(C)(C)C1CCC(C(=O)Nc2ccc(Cl)c3c2C(=O)c2ccccc2C3=O)CC1. The van der Waals surface area contributed by atoms with Crippen LogP contribution < -0.4 is 5.32 Å². The van der Waals surface area contributed by atoms with Crippen molar-refractivity contribution in [1.29, 1.82) is 0 Å². The highest BCUT2D eigenvalue weighted by atomic mass is 35.5. The van der Waals surface area contributed by atoms with E-state index in [0.717, 1.165) is 25.7 Å². The predicted octanol–water partition coefficient (Wildman–Crippen LogP) is 5.91. The van der Waals surface area contributed by atoms with Gasteiger partial charge in [0, 0.05) is 17.0 Å². The second kappa shape index (κ2) is 7.66. The molecule has 0 heterocycles. The summed E-state index contributed by atoms with van der Waals surface area (Å²) in [4.78, 5) is 39.2. The van der Waals surface area contributed by atoms with Crippen LogP contribution in [0.5, 0.6) is 0 Å². The molecule has 0 radical (unpaired) electrons. The monoisotopic (exact) mass is 423 g/mol. The Balaban J connectivity index is 1.61. The molecule has 1 saturated carbocycles. The summed E-state index contributed by atoms with van der Waals surface area (Å²) in [6, 6.07) is 9.92. The van der Waals surface area contributed by atoms with Crippen molar-refractivity contribution in [3.63, 3.8) is 0 Å². The van der Waals surface area contributed by atoms with Gasteiger partial charge in [0.1, 0.15) is 0 Å². The Kier molecular flexibility index (Phi) is 5.31. The van der Waals surface area contributed by atoms with E-state index in [4.69, 9.17) is 11.6 Å². The van der Waals surface area contributed by atoms with Crippen LogP contribution in [0.3, 0.4) is 0 Å². The molecule has 2 aromatic rings. The number of carbonyl (C=O) groups excluding carboxylic acids is 3. The van der Waals surface area contributed by atoms with Crippen LogP contribution in [-0.2, 0) is 4.79 Å². The van der Waals surface area contributed by atoms with E-state index in [0.29, 0.717) is 22.7 Å². The van der Waals surface area contributed by atoms with E-state index in [9.17, 15) is 14.4 Å². The van der Waals surface area contributed by atoms with Crippen LogP contribution >= 0.6 is 11.6 Å². The predicted molar refractivity (Wildman–Crippen MR) is 118 cm³/mol. The molecular formula is C25H26ClNO3. The number of rotatable bonds is 2. The van der Waals surface area contributed by atoms with Gasteiger partial charge in [0.25, 0.3) is 0 Å². The van der Waals surface area contributed by atoms with Crippen molar-refractivity contribution in [2.45, 2.75) is 46.5 Å². The number of halogens is 1. The highest BCUT2D eigenvalue weighted by molar-refractivity contribution is 6.40. The molecule has 2 aliphatic rings. The molecule has 0 unspecified atom stereocenters. The van der Waals surface area contributed by atoms with Crippen LogP contribution in [0.2, 0.25) is 5.02 Å². The van der Waals surface area contributed by atoms with E-state index >= 15 is 0 Å². The van der Waals surface area contributed by atoms with Crippen LogP contribution in [0.4, 0.5) is 5.69 Å². The number of carbonyl (C=O) groups is 3. The van der Waals surface area contributed by atoms with Gasteiger partial charge in [-0.2, -0.15) is 0 Å². The number of fused-ring (bicyclic) bond motifs is 2. The van der Waals surface area contributed by atoms with E-state index in [1.54, 1.807) is 36.4 Å². The first-order valence-electron chi connectivity index (χ1n) is 10.5. The molecule has 4 nitrogen and oxygen atoms in total. The maximum Gasteiger partial charge on any atom is 0.227 e. The number of ketones is 2. The van der Waals surface area contributed by atoms with Gasteiger partial charge in [0.2, 0.25) is 5.91 Å². The zero-order chi connectivity index (χ0) is 21.6. The van der Waals surface area contributed by atoms with Crippen LogP contribution in [0, 0.1) is 17.3 Å². The molecule has 1 amide bonds. The summed E-state index contributed by atoms with van der Waals surface area (Å²) in [5, 5.41) is 3.16. The fourth-order valence-electron chi connectivity index (χ4n) is 4.74. The van der Waals surface area contributed by atoms with Gasteiger partial charge in [-0.15, -0.1) is 0 Å². The lowest BCUT2D eigenvalue weighted by atomic mass is 9.69. The molecule has 0 atom stereocenters. The third kappa shape index (κ3) is 3.58. The van der Waals surface area contributed by atoms with Gasteiger partial charge < -0.3 is 5.32 Å². The lowest BCUT2D eigenvalue weighted by molar-refractivity contribution is -0.121. The minimum atomic E-state index is -0.285. The Hall–Kier alpha value is -2.46. The number of hydrogen-bond acceptors (Lipinski definition) is 3. The Bertz CT molecular complexity index is 1040. The highest BCUT2D eigenvalue weighted by Gasteiger charge is 2.36. The van der Waals surface area contributed by atoms with Gasteiger partial charge in [0.05, 0.1) is 21.8 Å². The van der Waals surface area contributed by atoms with Gasteiger partial charge in [-0.1, -0.05) is 56.6 Å². The number of anilines is 1. The van der Waals surface area contributed by atoms with Gasteiger partial charge in [-0.25, -0.2) is 0 Å². The number of amides is 1. The maximum absolute atomic E-state index is 13.2. The fraction of sp³-hybridized carbons (Fsp3) is 0.400. The Morgan fingerprint density at radius 2 is 1.47 bits per heavy atom. The maximum atomic E-state index is 13.2. The first-order valence-corrected chi connectivity index (χ1v) is 10.9. The number of benzene rings is 2. The topological polar surface area (TPSA) is 63.2 Å². The van der Waals surface area contributed by atoms with Gasteiger partial charge >= 0.3 is 0 Å². The van der Waals surface area contributed by atoms with Gasteiger partial charge in [-0.05, 0) is 49.1 Å². The number of nitrogens with one attached hydrogen (secondary N) is 1. The molecule has 0 bridgehead atoms. The minimum absolute atomic E-state index is 0.0865. The molecule has 2 aliphatic carbocycles. The third-order valence-corrected chi connectivity index (χ3v) is 6.92. The second-order valence-corrected chi connectivity index (χ2v) is 9.86. The summed E-state index contributed by atoms with van der Waals surface area (Å²) in [7, 11) is 0. The Morgan fingerprint density at radius 3 is 2.03 bits per heavy atom. The first kappa shape index (κ1) is 20.8. The second-order valence-electron chi connectivity index (χ2n) is 9.45. The first-order chi connectivity index (χ1) is 14.2. The molecule has 4 rings (SSSR count). The van der Waals surface area contributed by atoms with E-state index in [2.05, 4.69) is 26.1 Å². The fourth-order valence-corrected chi connectivity index (χ4v) is 4.99. The van der Waals surface area contributed by atoms with Crippen LogP contribution in [0.1, 0.15) is 78.3 Å². The average molecular weight is 424 g/mol. The molecule has 0 aliphatic heterocycles. The van der Waals surface area contributed by atoms with Crippen molar-refractivity contribution in [2.75, 3.05) is 5.32 Å². The van der Waals surface area contributed by atoms with E-state index in [1.165, 1.54) is 0 Å². The van der Waals surface area contributed by atoms with Crippen LogP contribution in [0.15, 0.2) is 36.4 Å². The molecule has 2 aromatic carbocycles. The zero-order valence-electron chi connectivity index (χ0n) is 17.5. The number of hydrogen-bond donors (Lipinski definition) is 1. The van der Waals surface area contributed by atoms with Crippen LogP contribution in [-0.4, -0.2) is 17.5 Å². The van der Waals surface area contributed by atoms with Crippen molar-refractivity contribution in [1.82, 2.24) is 0 Å². The summed E-state index contributed by atoms with van der Waals surface area (Å²) in [5.74, 6) is -0.135. The summed E-state index contributed by atoms with van der Waals surface area (Å²) in [5.41, 5.74) is 1.68. The van der Waals surface area contributed by atoms with Gasteiger partial charge in [-0.3, -0.25) is 14.4 Å². The molecule has 0 saturated heterocycles. The van der Waals surface area contributed by atoms with E-state index < -0.39 is 0 Å². The summed E-state index contributed by atoms with van der Waals surface area (Å²) in [6.07, 6.45) is 3.70. The molecule has 1 fully saturated rings. The van der Waals surface area contributed by atoms with Crippen molar-refractivity contribution in [2.24, 2.45) is 17.3 Å². The zero-order valence-corrected chi connectivity index (χ0v) is 18.3. The van der Waals surface area contributed by atoms with E-state index in [-0.39, 0.29) is 45.0 Å². The molecule has 30 heavy (non-hydrogen) atoms. The summed E-state index contributed by atoms with van der Waals surface area (Å²) in [6.45, 7) is 6.75. The Labute approximate surface area is 182 Å². The smallest absolute Gasteiger partial charge is 0.227 e. The lowest BCUT2D eigenvalue weighted by Crippen LogP contribution is -2.32. The van der Waals surface area contributed by atoms with Gasteiger partial charge in [0.15, 0.2) is 11.6 Å². The molecule has 0 spiro atoms. The molecule has 5 heteroatoms. The Morgan fingerprint density at radius 1 is 0.900 bits per heavy atom. The molecule has 1 N–H and O–H groups in total. The summed E-state index contributed by atoms with van der Waals surface area (Å²) >= 11 is 6.30. The average Bonchev–Trinajstić information content (AvgIpc) is 2.72.